The van der Waals surface area contributed by atoms with E-state index in [-0.39, 0.29) is 29.3 Å². The van der Waals surface area contributed by atoms with Crippen LogP contribution in [0, 0.1) is 5.82 Å². The van der Waals surface area contributed by atoms with Crippen molar-refractivity contribution in [2.45, 2.75) is 23.9 Å². The highest BCUT2D eigenvalue weighted by Crippen LogP contribution is 2.32. The van der Waals surface area contributed by atoms with Crippen molar-refractivity contribution in [2.24, 2.45) is 0 Å². The van der Waals surface area contributed by atoms with E-state index >= 15 is 0 Å². The Labute approximate surface area is 256 Å². The lowest BCUT2D eigenvalue weighted by molar-refractivity contribution is -0.139. The van der Waals surface area contributed by atoms with Crippen LogP contribution in [0.4, 0.5) is 10.1 Å². The SMILES string of the molecule is CNC(=O)C(Cc1ccccc1)N(Cc1ccc(F)cc1)C(=O)CN(c1ccccc1)S(=O)(=O)c1ccc(OC)c(OC)c1. The highest BCUT2D eigenvalue weighted by molar-refractivity contribution is 7.92. The fourth-order valence-electron chi connectivity index (χ4n) is 4.73. The van der Waals surface area contributed by atoms with Crippen LogP contribution in [0.1, 0.15) is 11.1 Å². The highest BCUT2D eigenvalue weighted by atomic mass is 32.2. The van der Waals surface area contributed by atoms with Crippen LogP contribution in [-0.2, 0) is 32.6 Å². The number of carbonyl (C=O) groups is 2. The average Bonchev–Trinajstić information content (AvgIpc) is 3.06. The number of hydrogen-bond donors (Lipinski definition) is 1. The monoisotopic (exact) mass is 619 g/mol. The molecule has 0 radical (unpaired) electrons. The molecule has 0 aliphatic heterocycles. The van der Waals surface area contributed by atoms with Gasteiger partial charge in [0.1, 0.15) is 18.4 Å². The number of nitrogens with zero attached hydrogens (tertiary/aromatic N) is 2. The molecule has 1 atom stereocenters. The third-order valence-corrected chi connectivity index (χ3v) is 8.82. The van der Waals surface area contributed by atoms with E-state index in [0.29, 0.717) is 11.3 Å². The van der Waals surface area contributed by atoms with Crippen molar-refractivity contribution in [2.75, 3.05) is 32.1 Å². The molecule has 0 aromatic heterocycles. The van der Waals surface area contributed by atoms with Crippen molar-refractivity contribution in [1.29, 1.82) is 0 Å². The molecular weight excluding hydrogens is 585 g/mol. The second-order valence-corrected chi connectivity index (χ2v) is 11.7. The Morgan fingerprint density at radius 2 is 1.43 bits per heavy atom. The first kappa shape index (κ1) is 32.0. The van der Waals surface area contributed by atoms with Crippen LogP contribution in [0.15, 0.2) is 108 Å². The zero-order valence-corrected chi connectivity index (χ0v) is 25.5. The predicted molar refractivity (Wildman–Crippen MR) is 165 cm³/mol. The number of likely N-dealkylation sites (N-methyl/N-ethyl adjacent to an activating group) is 1. The summed E-state index contributed by atoms with van der Waals surface area (Å²) < 4.78 is 53.6. The first-order chi connectivity index (χ1) is 21.2. The Balaban J connectivity index is 1.78. The predicted octanol–water partition coefficient (Wildman–Crippen LogP) is 4.42. The van der Waals surface area contributed by atoms with Gasteiger partial charge in [0.05, 0.1) is 24.8 Å². The molecule has 9 nitrogen and oxygen atoms in total. The average molecular weight is 620 g/mol. The van der Waals surface area contributed by atoms with E-state index < -0.39 is 40.2 Å². The summed E-state index contributed by atoms with van der Waals surface area (Å²) in [4.78, 5) is 28.8. The Bertz CT molecular complexity index is 1670. The maximum absolute atomic E-state index is 14.3. The molecule has 1 N–H and O–H groups in total. The minimum Gasteiger partial charge on any atom is -0.493 e. The van der Waals surface area contributed by atoms with Crippen molar-refractivity contribution in [3.8, 4) is 11.5 Å². The molecule has 0 saturated carbocycles. The number of methoxy groups -OCH3 is 2. The van der Waals surface area contributed by atoms with Gasteiger partial charge in [0, 0.05) is 26.1 Å². The Kier molecular flexibility index (Phi) is 10.6. The van der Waals surface area contributed by atoms with Gasteiger partial charge < -0.3 is 19.7 Å². The van der Waals surface area contributed by atoms with Gasteiger partial charge in [0.25, 0.3) is 10.0 Å². The van der Waals surface area contributed by atoms with Crippen LogP contribution in [0.25, 0.3) is 0 Å². The maximum Gasteiger partial charge on any atom is 0.264 e. The molecule has 11 heteroatoms. The van der Waals surface area contributed by atoms with E-state index in [1.54, 1.807) is 30.3 Å². The number of para-hydroxylation sites is 1. The topological polar surface area (TPSA) is 105 Å². The minimum atomic E-state index is -4.33. The normalized spacial score (nSPS) is 11.7. The summed E-state index contributed by atoms with van der Waals surface area (Å²) in [6.07, 6.45) is 0.168. The first-order valence-corrected chi connectivity index (χ1v) is 15.2. The van der Waals surface area contributed by atoms with E-state index in [1.165, 1.54) is 68.6 Å². The number of nitrogens with one attached hydrogen (secondary N) is 1. The number of rotatable bonds is 13. The molecule has 0 aliphatic rings. The smallest absolute Gasteiger partial charge is 0.264 e. The van der Waals surface area contributed by atoms with E-state index in [0.717, 1.165) is 9.87 Å². The molecule has 0 spiro atoms. The molecule has 1 unspecified atom stereocenters. The van der Waals surface area contributed by atoms with Crippen molar-refractivity contribution >= 4 is 27.5 Å². The first-order valence-electron chi connectivity index (χ1n) is 13.8. The van der Waals surface area contributed by atoms with Crippen LogP contribution in [0.3, 0.4) is 0 Å². The lowest BCUT2D eigenvalue weighted by atomic mass is 10.0. The maximum atomic E-state index is 14.3. The van der Waals surface area contributed by atoms with Crippen molar-refractivity contribution in [1.82, 2.24) is 10.2 Å². The summed E-state index contributed by atoms with van der Waals surface area (Å²) in [5, 5.41) is 2.63. The molecule has 0 aliphatic carbocycles. The van der Waals surface area contributed by atoms with Crippen molar-refractivity contribution in [3.63, 3.8) is 0 Å². The van der Waals surface area contributed by atoms with Crippen molar-refractivity contribution < 1.29 is 31.9 Å². The number of anilines is 1. The highest BCUT2D eigenvalue weighted by Gasteiger charge is 2.34. The summed E-state index contributed by atoms with van der Waals surface area (Å²) in [5.74, 6) is -0.970. The van der Waals surface area contributed by atoms with Gasteiger partial charge in [-0.15, -0.1) is 0 Å². The molecule has 0 heterocycles. The number of benzene rings is 4. The number of ether oxygens (including phenoxy) is 2. The Morgan fingerprint density at radius 1 is 0.818 bits per heavy atom. The van der Waals surface area contributed by atoms with E-state index in [9.17, 15) is 22.4 Å². The summed E-state index contributed by atoms with van der Waals surface area (Å²) in [5.41, 5.74) is 1.61. The van der Waals surface area contributed by atoms with E-state index in [1.807, 2.05) is 30.3 Å². The molecule has 44 heavy (non-hydrogen) atoms. The molecule has 4 rings (SSSR count). The molecule has 4 aromatic carbocycles. The molecule has 0 fully saturated rings. The third-order valence-electron chi connectivity index (χ3n) is 7.05. The van der Waals surface area contributed by atoms with Gasteiger partial charge in [-0.25, -0.2) is 12.8 Å². The van der Waals surface area contributed by atoms with Crippen LogP contribution in [0.2, 0.25) is 0 Å². The quantitative estimate of drug-likeness (QED) is 0.238. The van der Waals surface area contributed by atoms with E-state index in [4.69, 9.17) is 9.47 Å². The van der Waals surface area contributed by atoms with E-state index in [2.05, 4.69) is 5.32 Å². The number of sulfonamides is 1. The second-order valence-electron chi connectivity index (χ2n) is 9.83. The lowest BCUT2D eigenvalue weighted by Crippen LogP contribution is -2.53. The zero-order valence-electron chi connectivity index (χ0n) is 24.6. The summed E-state index contributed by atoms with van der Waals surface area (Å²) in [6, 6.07) is 26.1. The lowest BCUT2D eigenvalue weighted by Gasteiger charge is -2.33. The fourth-order valence-corrected chi connectivity index (χ4v) is 6.16. The van der Waals surface area contributed by atoms with Gasteiger partial charge in [-0.1, -0.05) is 60.7 Å². The number of amides is 2. The summed E-state index contributed by atoms with van der Waals surface area (Å²) in [6.45, 7) is -0.687. The van der Waals surface area contributed by atoms with Gasteiger partial charge in [-0.2, -0.15) is 0 Å². The minimum absolute atomic E-state index is 0.0664. The standard InChI is InChI=1S/C33H34FN3O6S/c1-35-33(39)29(20-24-10-6-4-7-11-24)36(22-25-14-16-26(34)17-15-25)32(38)23-37(27-12-8-5-9-13-27)44(40,41)28-18-19-30(42-2)31(21-28)43-3/h4-19,21,29H,20,22-23H2,1-3H3,(H,35,39). The Hall–Kier alpha value is -4.90. The molecule has 2 amide bonds. The Morgan fingerprint density at radius 3 is 2.02 bits per heavy atom. The van der Waals surface area contributed by atoms with Crippen LogP contribution in [-0.4, -0.2) is 59.0 Å². The molecule has 0 saturated heterocycles. The molecular formula is C33H34FN3O6S. The van der Waals surface area contributed by atoms with Crippen LogP contribution >= 0.6 is 0 Å². The van der Waals surface area contributed by atoms with Gasteiger partial charge in [0.2, 0.25) is 11.8 Å². The van der Waals surface area contributed by atoms with Crippen molar-refractivity contribution in [3.05, 3.63) is 120 Å². The summed E-state index contributed by atoms with van der Waals surface area (Å²) >= 11 is 0. The third kappa shape index (κ3) is 7.54. The molecule has 0 bridgehead atoms. The second kappa shape index (κ2) is 14.5. The molecule has 230 valence electrons. The van der Waals surface area contributed by atoms with Gasteiger partial charge in [0.15, 0.2) is 11.5 Å². The zero-order chi connectivity index (χ0) is 31.7. The van der Waals surface area contributed by atoms with Crippen LogP contribution in [0.5, 0.6) is 11.5 Å². The number of carbonyl (C=O) groups excluding carboxylic acids is 2. The number of hydrogen-bond acceptors (Lipinski definition) is 6. The largest absolute Gasteiger partial charge is 0.493 e. The van der Waals surface area contributed by atoms with Gasteiger partial charge >= 0.3 is 0 Å². The number of halogens is 1. The fraction of sp³-hybridized carbons (Fsp3) is 0.212. The van der Waals surface area contributed by atoms with Gasteiger partial charge in [-0.05, 0) is 47.5 Å². The molecule has 4 aromatic rings. The summed E-state index contributed by atoms with van der Waals surface area (Å²) in [7, 11) is -0.0241. The van der Waals surface area contributed by atoms with Gasteiger partial charge in [-0.3, -0.25) is 13.9 Å². The van der Waals surface area contributed by atoms with Crippen LogP contribution < -0.4 is 19.1 Å².